The Balaban J connectivity index is 1.38. The van der Waals surface area contributed by atoms with Crippen LogP contribution in [0.1, 0.15) is 18.2 Å². The van der Waals surface area contributed by atoms with Crippen molar-refractivity contribution in [2.75, 3.05) is 4.90 Å². The maximum absolute atomic E-state index is 12.3. The number of furan rings is 1. The molecule has 170 valence electrons. The molecule has 0 bridgehead atoms. The molecule has 3 heterocycles. The number of hydrogen-bond acceptors (Lipinski definition) is 7. The largest absolute Gasteiger partial charge is 0.461 e. The van der Waals surface area contributed by atoms with E-state index in [9.17, 15) is 4.79 Å². The minimum absolute atomic E-state index is 0.0783. The third-order valence-electron chi connectivity index (χ3n) is 5.05. The number of carbonyl (C=O) groups excluding carboxylic acids is 1. The first-order valence-electron chi connectivity index (χ1n) is 10.6. The van der Waals surface area contributed by atoms with E-state index in [4.69, 9.17) is 9.40 Å². The highest BCUT2D eigenvalue weighted by Crippen LogP contribution is 2.32. The SMILES string of the molecule is CC(=O)N(c1ccccc1)c1nc(CSc2nnc(-c3ccco3)n2Cc2ccccc2)cs1. The van der Waals surface area contributed by atoms with E-state index in [-0.39, 0.29) is 5.91 Å². The molecule has 9 heteroatoms. The normalized spacial score (nSPS) is 11.0. The van der Waals surface area contributed by atoms with Crippen LogP contribution in [0.3, 0.4) is 0 Å². The standard InChI is InChI=1S/C25H21N5O2S2/c1-18(31)30(21-11-6-3-7-12-21)24-26-20(16-33-24)17-34-25-28-27-23(22-13-8-14-32-22)29(25)15-19-9-4-2-5-10-19/h2-14,16H,15,17H2,1H3. The number of carbonyl (C=O) groups is 1. The van der Waals surface area contributed by atoms with E-state index in [1.807, 2.05) is 66.0 Å². The van der Waals surface area contributed by atoms with Gasteiger partial charge in [0.15, 0.2) is 16.0 Å². The number of para-hydroxylation sites is 1. The van der Waals surface area contributed by atoms with Crippen LogP contribution in [0.4, 0.5) is 10.8 Å². The van der Waals surface area contributed by atoms with E-state index in [1.54, 1.807) is 29.8 Å². The van der Waals surface area contributed by atoms with Crippen LogP contribution in [-0.2, 0) is 17.1 Å². The minimum atomic E-state index is -0.0783. The van der Waals surface area contributed by atoms with Crippen LogP contribution < -0.4 is 4.90 Å². The smallest absolute Gasteiger partial charge is 0.230 e. The second kappa shape index (κ2) is 10.1. The van der Waals surface area contributed by atoms with Crippen LogP contribution in [0.15, 0.2) is 94.0 Å². The maximum Gasteiger partial charge on any atom is 0.230 e. The summed E-state index contributed by atoms with van der Waals surface area (Å²) in [5.41, 5.74) is 2.82. The molecular weight excluding hydrogens is 466 g/mol. The van der Waals surface area contributed by atoms with Crippen molar-refractivity contribution in [3.05, 3.63) is 95.7 Å². The van der Waals surface area contributed by atoms with Crippen LogP contribution in [0.5, 0.6) is 0 Å². The molecule has 2 aromatic carbocycles. The average Bonchev–Trinajstić information content (AvgIpc) is 3.61. The molecule has 34 heavy (non-hydrogen) atoms. The quantitative estimate of drug-likeness (QED) is 0.249. The molecule has 0 spiro atoms. The maximum atomic E-state index is 12.3. The predicted molar refractivity (Wildman–Crippen MR) is 134 cm³/mol. The van der Waals surface area contributed by atoms with Gasteiger partial charge in [-0.3, -0.25) is 14.3 Å². The molecule has 0 N–H and O–H groups in total. The van der Waals surface area contributed by atoms with Gasteiger partial charge in [-0.1, -0.05) is 60.3 Å². The molecule has 5 aromatic rings. The van der Waals surface area contributed by atoms with Crippen molar-refractivity contribution in [1.29, 1.82) is 0 Å². The van der Waals surface area contributed by atoms with Crippen molar-refractivity contribution in [3.8, 4) is 11.6 Å². The van der Waals surface area contributed by atoms with Crippen LogP contribution in [-0.4, -0.2) is 25.7 Å². The molecule has 3 aromatic heterocycles. The molecule has 0 saturated heterocycles. The van der Waals surface area contributed by atoms with Crippen LogP contribution in [0, 0.1) is 0 Å². The third kappa shape index (κ3) is 4.80. The number of amides is 1. The molecule has 0 aliphatic rings. The van der Waals surface area contributed by atoms with Gasteiger partial charge in [-0.2, -0.15) is 0 Å². The lowest BCUT2D eigenvalue weighted by atomic mass is 10.2. The Kier molecular flexibility index (Phi) is 6.55. The highest BCUT2D eigenvalue weighted by Gasteiger charge is 2.20. The first kappa shape index (κ1) is 22.1. The van der Waals surface area contributed by atoms with E-state index in [2.05, 4.69) is 26.9 Å². The molecule has 0 aliphatic heterocycles. The van der Waals surface area contributed by atoms with Gasteiger partial charge < -0.3 is 4.42 Å². The Morgan fingerprint density at radius 3 is 2.50 bits per heavy atom. The second-order valence-corrected chi connectivity index (χ2v) is 9.23. The monoisotopic (exact) mass is 487 g/mol. The van der Waals surface area contributed by atoms with Crippen molar-refractivity contribution in [3.63, 3.8) is 0 Å². The fraction of sp³-hybridized carbons (Fsp3) is 0.120. The van der Waals surface area contributed by atoms with Gasteiger partial charge in [0, 0.05) is 18.1 Å². The van der Waals surface area contributed by atoms with E-state index in [0.29, 0.717) is 29.0 Å². The zero-order valence-corrected chi connectivity index (χ0v) is 20.0. The fourth-order valence-electron chi connectivity index (χ4n) is 3.50. The predicted octanol–water partition coefficient (Wildman–Crippen LogP) is 6.02. The number of thiazole rings is 1. The number of anilines is 2. The van der Waals surface area contributed by atoms with Crippen molar-refractivity contribution in [2.24, 2.45) is 0 Å². The lowest BCUT2D eigenvalue weighted by Crippen LogP contribution is -2.22. The van der Waals surface area contributed by atoms with Crippen molar-refractivity contribution in [2.45, 2.75) is 24.4 Å². The van der Waals surface area contributed by atoms with Crippen LogP contribution >= 0.6 is 23.1 Å². The Hall–Kier alpha value is -3.69. The Labute approximate surface area is 205 Å². The Morgan fingerprint density at radius 1 is 1.03 bits per heavy atom. The van der Waals surface area contributed by atoms with E-state index in [1.165, 1.54) is 11.3 Å². The molecule has 0 aliphatic carbocycles. The summed E-state index contributed by atoms with van der Waals surface area (Å²) < 4.78 is 7.64. The molecule has 0 atom stereocenters. The molecule has 0 unspecified atom stereocenters. The van der Waals surface area contributed by atoms with Gasteiger partial charge in [0.1, 0.15) is 0 Å². The van der Waals surface area contributed by atoms with E-state index >= 15 is 0 Å². The van der Waals surface area contributed by atoms with Crippen LogP contribution in [0.25, 0.3) is 11.6 Å². The molecule has 0 radical (unpaired) electrons. The number of thioether (sulfide) groups is 1. The highest BCUT2D eigenvalue weighted by atomic mass is 32.2. The summed E-state index contributed by atoms with van der Waals surface area (Å²) >= 11 is 3.00. The lowest BCUT2D eigenvalue weighted by molar-refractivity contribution is -0.115. The summed E-state index contributed by atoms with van der Waals surface area (Å²) in [6, 6.07) is 23.5. The Bertz CT molecular complexity index is 1370. The summed E-state index contributed by atoms with van der Waals surface area (Å²) in [5.74, 6) is 1.88. The van der Waals surface area contributed by atoms with Gasteiger partial charge >= 0.3 is 0 Å². The summed E-state index contributed by atoms with van der Waals surface area (Å²) in [7, 11) is 0. The van der Waals surface area contributed by atoms with Crippen molar-refractivity contribution >= 4 is 39.8 Å². The van der Waals surface area contributed by atoms with Gasteiger partial charge in [0.2, 0.25) is 11.7 Å². The number of nitrogens with zero attached hydrogens (tertiary/aromatic N) is 5. The van der Waals surface area contributed by atoms with Gasteiger partial charge in [-0.25, -0.2) is 4.98 Å². The summed E-state index contributed by atoms with van der Waals surface area (Å²) in [6.45, 7) is 2.17. The van der Waals surface area contributed by atoms with Crippen molar-refractivity contribution in [1.82, 2.24) is 19.7 Å². The summed E-state index contributed by atoms with van der Waals surface area (Å²) in [5, 5.41) is 12.2. The Morgan fingerprint density at radius 2 is 1.79 bits per heavy atom. The highest BCUT2D eigenvalue weighted by molar-refractivity contribution is 7.98. The van der Waals surface area contributed by atoms with Gasteiger partial charge in [-0.05, 0) is 29.8 Å². The number of benzene rings is 2. The molecule has 1 amide bonds. The van der Waals surface area contributed by atoms with Crippen LogP contribution in [0.2, 0.25) is 0 Å². The second-order valence-electron chi connectivity index (χ2n) is 7.46. The number of aromatic nitrogens is 4. The van der Waals surface area contributed by atoms with Gasteiger partial charge in [-0.15, -0.1) is 21.5 Å². The summed E-state index contributed by atoms with van der Waals surface area (Å²) in [4.78, 5) is 18.7. The topological polar surface area (TPSA) is 77.1 Å². The van der Waals surface area contributed by atoms with Gasteiger partial charge in [0.25, 0.3) is 0 Å². The zero-order chi connectivity index (χ0) is 23.3. The van der Waals surface area contributed by atoms with Gasteiger partial charge in [0.05, 0.1) is 24.2 Å². The molecule has 0 saturated carbocycles. The van der Waals surface area contributed by atoms with E-state index in [0.717, 1.165) is 22.1 Å². The number of rotatable bonds is 8. The lowest BCUT2D eigenvalue weighted by Gasteiger charge is -2.17. The van der Waals surface area contributed by atoms with E-state index < -0.39 is 0 Å². The molecule has 5 rings (SSSR count). The fourth-order valence-corrected chi connectivity index (χ4v) is 5.32. The summed E-state index contributed by atoms with van der Waals surface area (Å²) in [6.07, 6.45) is 1.63. The average molecular weight is 488 g/mol. The molecule has 7 nitrogen and oxygen atoms in total. The van der Waals surface area contributed by atoms with Crippen molar-refractivity contribution < 1.29 is 9.21 Å². The zero-order valence-electron chi connectivity index (χ0n) is 18.4. The first-order valence-corrected chi connectivity index (χ1v) is 12.5. The molecular formula is C25H21N5O2S2. The third-order valence-corrected chi connectivity index (χ3v) is 6.93. The minimum Gasteiger partial charge on any atom is -0.461 e. The first-order chi connectivity index (χ1) is 16.7. The number of hydrogen-bond donors (Lipinski definition) is 0. The molecule has 0 fully saturated rings.